The van der Waals surface area contributed by atoms with E-state index in [1.807, 2.05) is 6.92 Å². The Bertz CT molecular complexity index is 882. The van der Waals surface area contributed by atoms with E-state index in [4.69, 9.17) is 9.72 Å². The largest absolute Gasteiger partial charge is 0.497 e. The quantitative estimate of drug-likeness (QED) is 0.733. The Labute approximate surface area is 170 Å². The number of anilines is 1. The molecule has 1 aliphatic heterocycles. The van der Waals surface area contributed by atoms with Gasteiger partial charge in [-0.05, 0) is 44.7 Å². The Balaban J connectivity index is 2.20. The number of ether oxygens (including phenoxy) is 1. The fraction of sp³-hybridized carbons (Fsp3) is 0.500. The molecule has 3 rings (SSSR count). The Kier molecular flexibility index (Phi) is 6.67. The van der Waals surface area contributed by atoms with Gasteiger partial charge in [-0.2, -0.15) is 0 Å². The van der Waals surface area contributed by atoms with Gasteiger partial charge < -0.3 is 14.7 Å². The third-order valence-electron chi connectivity index (χ3n) is 5.42. The van der Waals surface area contributed by atoms with E-state index in [2.05, 4.69) is 9.88 Å². The number of halogens is 1. The van der Waals surface area contributed by atoms with Crippen LogP contribution in [0.4, 0.5) is 10.3 Å². The number of hydrogen-bond acceptors (Lipinski definition) is 5. The minimum Gasteiger partial charge on any atom is -0.497 e. The van der Waals surface area contributed by atoms with Crippen LogP contribution in [0.2, 0.25) is 0 Å². The summed E-state index contributed by atoms with van der Waals surface area (Å²) in [7, 11) is 1.48. The lowest BCUT2D eigenvalue weighted by Gasteiger charge is -2.28. The highest BCUT2D eigenvalue weighted by atomic mass is 19.1. The molecule has 1 aliphatic rings. The van der Waals surface area contributed by atoms with Crippen molar-refractivity contribution in [2.75, 3.05) is 25.1 Å². The van der Waals surface area contributed by atoms with Gasteiger partial charge >= 0.3 is 5.97 Å². The fourth-order valence-electron chi connectivity index (χ4n) is 3.92. The van der Waals surface area contributed by atoms with Crippen LogP contribution in [0.15, 0.2) is 18.2 Å². The highest BCUT2D eigenvalue weighted by Crippen LogP contribution is 2.36. The smallest absolute Gasteiger partial charge is 0.311 e. The number of nitrogens with zero attached hydrogens (tertiary/aromatic N) is 3. The van der Waals surface area contributed by atoms with Crippen LogP contribution in [-0.4, -0.2) is 41.2 Å². The molecule has 1 unspecified atom stereocenters. The Hall–Kier alpha value is -2.70. The van der Waals surface area contributed by atoms with Gasteiger partial charge in [0.2, 0.25) is 5.95 Å². The predicted molar refractivity (Wildman–Crippen MR) is 110 cm³/mol. The van der Waals surface area contributed by atoms with E-state index in [1.54, 1.807) is 19.1 Å². The summed E-state index contributed by atoms with van der Waals surface area (Å²) in [5.41, 5.74) is 1.71. The van der Waals surface area contributed by atoms with Crippen LogP contribution in [0, 0.1) is 12.7 Å². The lowest BCUT2D eigenvalue weighted by Crippen LogP contribution is -2.31. The molecule has 1 fully saturated rings. The molecule has 156 valence electrons. The molecule has 6 nitrogen and oxygen atoms in total. The van der Waals surface area contributed by atoms with Crippen LogP contribution < -0.4 is 9.64 Å². The number of carboxylic acid groups (broad SMARTS) is 1. The maximum atomic E-state index is 15.0. The first-order chi connectivity index (χ1) is 14.0. The van der Waals surface area contributed by atoms with Crippen LogP contribution in [-0.2, 0) is 4.79 Å². The first kappa shape index (κ1) is 21.0. The van der Waals surface area contributed by atoms with Gasteiger partial charge in [-0.3, -0.25) is 4.79 Å². The van der Waals surface area contributed by atoms with Gasteiger partial charge in [0.25, 0.3) is 0 Å². The maximum Gasteiger partial charge on any atom is 0.311 e. The Morgan fingerprint density at radius 2 is 2.00 bits per heavy atom. The standard InChI is InChI=1S/C22H28FN3O3/c1-4-8-17(21(27)28)19-14(2)24-22(26-11-6-5-7-12-26)25-20(19)16-10-9-15(29-3)13-18(16)23/h9-10,13,17H,4-8,11-12H2,1-3H3,(H,27,28). The normalized spacial score (nSPS) is 15.2. The van der Waals surface area contributed by atoms with Crippen molar-refractivity contribution in [1.82, 2.24) is 9.97 Å². The molecular formula is C22H28FN3O3. The zero-order chi connectivity index (χ0) is 21.0. The number of aryl methyl sites for hydroxylation is 1. The first-order valence-electron chi connectivity index (χ1n) is 10.2. The van der Waals surface area contributed by atoms with Gasteiger partial charge in [0.15, 0.2) is 0 Å². The molecule has 0 amide bonds. The maximum absolute atomic E-state index is 15.0. The number of methoxy groups -OCH3 is 1. The second-order valence-corrected chi connectivity index (χ2v) is 7.44. The summed E-state index contributed by atoms with van der Waals surface area (Å²) in [5.74, 6) is -1.28. The molecule has 1 N–H and O–H groups in total. The summed E-state index contributed by atoms with van der Waals surface area (Å²) in [6.07, 6.45) is 4.42. The van der Waals surface area contributed by atoms with Crippen LogP contribution >= 0.6 is 0 Å². The van der Waals surface area contributed by atoms with Crippen molar-refractivity contribution in [3.05, 3.63) is 35.3 Å². The van der Waals surface area contributed by atoms with Crippen molar-refractivity contribution in [2.45, 2.75) is 51.9 Å². The zero-order valence-corrected chi connectivity index (χ0v) is 17.2. The number of benzene rings is 1. The predicted octanol–water partition coefficient (Wildman–Crippen LogP) is 4.56. The topological polar surface area (TPSA) is 75.5 Å². The van der Waals surface area contributed by atoms with Crippen molar-refractivity contribution >= 4 is 11.9 Å². The van der Waals surface area contributed by atoms with Crippen LogP contribution in [0.1, 0.15) is 56.2 Å². The lowest BCUT2D eigenvalue weighted by molar-refractivity contribution is -0.139. The lowest BCUT2D eigenvalue weighted by atomic mass is 9.89. The van der Waals surface area contributed by atoms with E-state index >= 15 is 0 Å². The van der Waals surface area contributed by atoms with Crippen molar-refractivity contribution in [3.8, 4) is 17.0 Å². The number of carbonyl (C=O) groups is 1. The molecular weight excluding hydrogens is 373 g/mol. The van der Waals surface area contributed by atoms with Crippen molar-refractivity contribution < 1.29 is 19.0 Å². The van der Waals surface area contributed by atoms with E-state index in [9.17, 15) is 14.3 Å². The molecule has 0 aliphatic carbocycles. The van der Waals surface area contributed by atoms with Crippen molar-refractivity contribution in [2.24, 2.45) is 0 Å². The SMILES string of the molecule is CCCC(C(=O)O)c1c(C)nc(N2CCCCC2)nc1-c1ccc(OC)cc1F. The summed E-state index contributed by atoms with van der Waals surface area (Å²) in [5, 5.41) is 9.84. The molecule has 2 aromatic rings. The molecule has 0 spiro atoms. The highest BCUT2D eigenvalue weighted by Gasteiger charge is 2.29. The van der Waals surface area contributed by atoms with Gasteiger partial charge in [-0.25, -0.2) is 14.4 Å². The summed E-state index contributed by atoms with van der Waals surface area (Å²) < 4.78 is 20.1. The van der Waals surface area contributed by atoms with E-state index in [0.717, 1.165) is 25.9 Å². The van der Waals surface area contributed by atoms with Gasteiger partial charge in [-0.15, -0.1) is 0 Å². The van der Waals surface area contributed by atoms with Gasteiger partial charge in [0, 0.05) is 36.0 Å². The number of piperidine rings is 1. The summed E-state index contributed by atoms with van der Waals surface area (Å²) in [6.45, 7) is 5.42. The number of rotatable bonds is 7. The monoisotopic (exact) mass is 401 g/mol. The third kappa shape index (κ3) is 4.49. The molecule has 1 saturated heterocycles. The van der Waals surface area contributed by atoms with E-state index in [0.29, 0.717) is 41.5 Å². The van der Waals surface area contributed by atoms with E-state index in [1.165, 1.54) is 19.6 Å². The molecule has 0 radical (unpaired) electrons. The molecule has 2 heterocycles. The Morgan fingerprint density at radius 3 is 2.59 bits per heavy atom. The van der Waals surface area contributed by atoms with Gasteiger partial charge in [0.05, 0.1) is 18.7 Å². The number of carboxylic acids is 1. The second kappa shape index (κ2) is 9.20. The minimum atomic E-state index is -0.945. The summed E-state index contributed by atoms with van der Waals surface area (Å²) in [6, 6.07) is 4.56. The first-order valence-corrected chi connectivity index (χ1v) is 10.2. The average Bonchev–Trinajstić information content (AvgIpc) is 2.72. The molecule has 0 saturated carbocycles. The van der Waals surface area contributed by atoms with Crippen molar-refractivity contribution in [3.63, 3.8) is 0 Å². The molecule has 7 heteroatoms. The number of aromatic nitrogens is 2. The Morgan fingerprint density at radius 1 is 1.28 bits per heavy atom. The fourth-order valence-corrected chi connectivity index (χ4v) is 3.92. The average molecular weight is 401 g/mol. The van der Waals surface area contributed by atoms with Gasteiger partial charge in [-0.1, -0.05) is 13.3 Å². The number of aliphatic carboxylic acids is 1. The molecule has 29 heavy (non-hydrogen) atoms. The molecule has 1 atom stereocenters. The summed E-state index contributed by atoms with van der Waals surface area (Å²) >= 11 is 0. The third-order valence-corrected chi connectivity index (χ3v) is 5.42. The van der Waals surface area contributed by atoms with Crippen LogP contribution in [0.3, 0.4) is 0 Å². The zero-order valence-electron chi connectivity index (χ0n) is 17.2. The minimum absolute atomic E-state index is 0.270. The van der Waals surface area contributed by atoms with Crippen LogP contribution in [0.25, 0.3) is 11.3 Å². The molecule has 1 aromatic carbocycles. The molecule has 1 aromatic heterocycles. The van der Waals surface area contributed by atoms with Crippen LogP contribution in [0.5, 0.6) is 5.75 Å². The van der Waals surface area contributed by atoms with E-state index < -0.39 is 17.7 Å². The number of hydrogen-bond donors (Lipinski definition) is 1. The second-order valence-electron chi connectivity index (χ2n) is 7.44. The molecule has 0 bridgehead atoms. The van der Waals surface area contributed by atoms with Crippen molar-refractivity contribution in [1.29, 1.82) is 0 Å². The summed E-state index contributed by atoms with van der Waals surface area (Å²) in [4.78, 5) is 23.5. The van der Waals surface area contributed by atoms with E-state index in [-0.39, 0.29) is 5.56 Å². The highest BCUT2D eigenvalue weighted by molar-refractivity contribution is 5.81. The van der Waals surface area contributed by atoms with Gasteiger partial charge in [0.1, 0.15) is 11.6 Å².